The van der Waals surface area contributed by atoms with Gasteiger partial charge in [-0.1, -0.05) is 12.1 Å². The second-order valence-corrected chi connectivity index (χ2v) is 6.25. The molecule has 4 rings (SSSR count). The first-order valence-electron chi connectivity index (χ1n) is 8.22. The predicted molar refractivity (Wildman–Crippen MR) is 91.6 cm³/mol. The van der Waals surface area contributed by atoms with Crippen molar-refractivity contribution >= 4 is 11.5 Å². The summed E-state index contributed by atoms with van der Waals surface area (Å²) in [7, 11) is 0. The quantitative estimate of drug-likeness (QED) is 0.741. The molecule has 3 aromatic rings. The Morgan fingerprint density at radius 1 is 1.04 bits per heavy atom. The lowest BCUT2D eigenvalue weighted by Gasteiger charge is -2.36. The van der Waals surface area contributed by atoms with Gasteiger partial charge in [0.1, 0.15) is 11.6 Å². The Morgan fingerprint density at radius 3 is 2.54 bits per heavy atom. The topological polar surface area (TPSA) is 36.7 Å². The van der Waals surface area contributed by atoms with Crippen molar-refractivity contribution in [2.75, 3.05) is 31.1 Å². The lowest BCUT2D eigenvalue weighted by atomic mass is 10.2. The minimum Gasteiger partial charge on any atom is -0.354 e. The van der Waals surface area contributed by atoms with Gasteiger partial charge in [-0.3, -0.25) is 4.90 Å². The van der Waals surface area contributed by atoms with Crippen LogP contribution in [0.4, 0.5) is 10.2 Å². The number of hydrogen-bond donors (Lipinski definition) is 0. The number of rotatable bonds is 3. The molecule has 0 amide bonds. The first-order chi connectivity index (χ1) is 11.7. The molecular formula is C18H20FN5. The van der Waals surface area contributed by atoms with E-state index in [1.165, 1.54) is 12.1 Å². The third kappa shape index (κ3) is 2.97. The van der Waals surface area contributed by atoms with E-state index in [0.717, 1.165) is 55.4 Å². The average molecular weight is 325 g/mol. The fourth-order valence-electron chi connectivity index (χ4n) is 3.23. The van der Waals surface area contributed by atoms with Crippen molar-refractivity contribution < 1.29 is 4.39 Å². The van der Waals surface area contributed by atoms with Gasteiger partial charge in [0.05, 0.1) is 6.20 Å². The monoisotopic (exact) mass is 325 g/mol. The summed E-state index contributed by atoms with van der Waals surface area (Å²) in [4.78, 5) is 9.26. The molecule has 1 aromatic carbocycles. The molecule has 0 unspecified atom stereocenters. The van der Waals surface area contributed by atoms with Crippen LogP contribution in [-0.4, -0.2) is 45.7 Å². The molecule has 2 aromatic heterocycles. The second kappa shape index (κ2) is 6.20. The normalized spacial score (nSPS) is 16.0. The van der Waals surface area contributed by atoms with E-state index in [9.17, 15) is 4.39 Å². The number of aromatic nitrogens is 3. The van der Waals surface area contributed by atoms with Crippen molar-refractivity contribution in [3.63, 3.8) is 0 Å². The lowest BCUT2D eigenvalue weighted by molar-refractivity contribution is 0.249. The van der Waals surface area contributed by atoms with Crippen LogP contribution < -0.4 is 4.90 Å². The lowest BCUT2D eigenvalue weighted by Crippen LogP contribution is -2.46. The van der Waals surface area contributed by atoms with Crippen LogP contribution in [-0.2, 0) is 6.54 Å². The van der Waals surface area contributed by atoms with Crippen molar-refractivity contribution in [2.24, 2.45) is 0 Å². The van der Waals surface area contributed by atoms with Crippen LogP contribution in [0.15, 0.2) is 42.6 Å². The van der Waals surface area contributed by atoms with Crippen molar-refractivity contribution in [1.82, 2.24) is 19.5 Å². The molecule has 0 atom stereocenters. The SMILES string of the molecule is Cc1cc(N2CCN(Cc3ccc(F)cc3)CC2)n2nccc2n1. The van der Waals surface area contributed by atoms with Crippen molar-refractivity contribution in [2.45, 2.75) is 13.5 Å². The highest BCUT2D eigenvalue weighted by Gasteiger charge is 2.20. The number of fused-ring (bicyclic) bond motifs is 1. The molecule has 0 bridgehead atoms. The van der Waals surface area contributed by atoms with Gasteiger partial charge < -0.3 is 4.90 Å². The largest absolute Gasteiger partial charge is 0.354 e. The highest BCUT2D eigenvalue weighted by atomic mass is 19.1. The fraction of sp³-hybridized carbons (Fsp3) is 0.333. The number of hydrogen-bond acceptors (Lipinski definition) is 4. The van der Waals surface area contributed by atoms with E-state index in [4.69, 9.17) is 0 Å². The van der Waals surface area contributed by atoms with Crippen LogP contribution in [0.1, 0.15) is 11.3 Å². The molecule has 0 aliphatic carbocycles. The third-order valence-electron chi connectivity index (χ3n) is 4.48. The van der Waals surface area contributed by atoms with Gasteiger partial charge in [0.15, 0.2) is 5.65 Å². The smallest absolute Gasteiger partial charge is 0.157 e. The van der Waals surface area contributed by atoms with Crippen LogP contribution in [0.5, 0.6) is 0 Å². The van der Waals surface area contributed by atoms with Crippen LogP contribution >= 0.6 is 0 Å². The summed E-state index contributed by atoms with van der Waals surface area (Å²) in [6, 6.07) is 10.8. The predicted octanol–water partition coefficient (Wildman–Crippen LogP) is 2.50. The molecule has 24 heavy (non-hydrogen) atoms. The summed E-state index contributed by atoms with van der Waals surface area (Å²) >= 11 is 0. The second-order valence-electron chi connectivity index (χ2n) is 6.25. The molecule has 0 saturated carbocycles. The van der Waals surface area contributed by atoms with E-state index >= 15 is 0 Å². The van der Waals surface area contributed by atoms with Gasteiger partial charge in [0.25, 0.3) is 0 Å². The van der Waals surface area contributed by atoms with E-state index in [1.54, 1.807) is 6.20 Å². The Balaban J connectivity index is 1.45. The average Bonchev–Trinajstić information content (AvgIpc) is 3.05. The number of piperazine rings is 1. The first-order valence-corrected chi connectivity index (χ1v) is 8.22. The van der Waals surface area contributed by atoms with Gasteiger partial charge >= 0.3 is 0 Å². The van der Waals surface area contributed by atoms with E-state index < -0.39 is 0 Å². The van der Waals surface area contributed by atoms with Crippen molar-refractivity contribution in [3.8, 4) is 0 Å². The van der Waals surface area contributed by atoms with Gasteiger partial charge in [0.2, 0.25) is 0 Å². The minimum absolute atomic E-state index is 0.181. The molecule has 0 N–H and O–H groups in total. The molecule has 124 valence electrons. The van der Waals surface area contributed by atoms with E-state index in [-0.39, 0.29) is 5.82 Å². The number of anilines is 1. The zero-order chi connectivity index (χ0) is 16.5. The van der Waals surface area contributed by atoms with Crippen LogP contribution in [0.3, 0.4) is 0 Å². The molecule has 1 fully saturated rings. The summed E-state index contributed by atoms with van der Waals surface area (Å²) in [6.45, 7) is 6.71. The Morgan fingerprint density at radius 2 is 1.79 bits per heavy atom. The van der Waals surface area contributed by atoms with E-state index in [2.05, 4.69) is 25.9 Å². The summed E-state index contributed by atoms with van der Waals surface area (Å²) in [5.74, 6) is 0.920. The van der Waals surface area contributed by atoms with Gasteiger partial charge in [0, 0.05) is 50.6 Å². The van der Waals surface area contributed by atoms with E-state index in [1.807, 2.05) is 29.6 Å². The Kier molecular flexibility index (Phi) is 3.90. The minimum atomic E-state index is -0.181. The summed E-state index contributed by atoms with van der Waals surface area (Å²) in [5.41, 5.74) is 3.05. The molecule has 1 aliphatic heterocycles. The number of aryl methyl sites for hydroxylation is 1. The molecular weight excluding hydrogens is 305 g/mol. The molecule has 0 spiro atoms. The van der Waals surface area contributed by atoms with Gasteiger partial charge in [-0.25, -0.2) is 9.37 Å². The zero-order valence-electron chi connectivity index (χ0n) is 13.7. The Bertz CT molecular complexity index is 834. The van der Waals surface area contributed by atoms with Gasteiger partial charge in [-0.15, -0.1) is 0 Å². The highest BCUT2D eigenvalue weighted by molar-refractivity contribution is 5.51. The van der Waals surface area contributed by atoms with Crippen molar-refractivity contribution in [3.05, 3.63) is 59.7 Å². The summed E-state index contributed by atoms with van der Waals surface area (Å²) in [6.07, 6.45) is 1.79. The van der Waals surface area contributed by atoms with E-state index in [0.29, 0.717) is 0 Å². The number of benzene rings is 1. The maximum Gasteiger partial charge on any atom is 0.157 e. The molecule has 0 radical (unpaired) electrons. The third-order valence-corrected chi connectivity index (χ3v) is 4.48. The molecule has 3 heterocycles. The van der Waals surface area contributed by atoms with Crippen LogP contribution in [0.25, 0.3) is 5.65 Å². The summed E-state index contributed by atoms with van der Waals surface area (Å²) in [5, 5.41) is 4.39. The molecule has 5 nitrogen and oxygen atoms in total. The first kappa shape index (κ1) is 15.1. The van der Waals surface area contributed by atoms with Crippen LogP contribution in [0, 0.1) is 12.7 Å². The zero-order valence-corrected chi connectivity index (χ0v) is 13.7. The molecule has 1 aliphatic rings. The highest BCUT2D eigenvalue weighted by Crippen LogP contribution is 2.19. The fourth-order valence-corrected chi connectivity index (χ4v) is 3.23. The summed E-state index contributed by atoms with van der Waals surface area (Å²) < 4.78 is 14.9. The number of halogens is 1. The molecule has 1 saturated heterocycles. The maximum atomic E-state index is 13.0. The standard InChI is InChI=1S/C18H20FN5/c1-14-12-18(24-17(21-14)6-7-20-24)23-10-8-22(9-11-23)13-15-2-4-16(19)5-3-15/h2-7,12H,8-11,13H2,1H3. The van der Waals surface area contributed by atoms with Gasteiger partial charge in [-0.05, 0) is 24.6 Å². The van der Waals surface area contributed by atoms with Crippen LogP contribution in [0.2, 0.25) is 0 Å². The van der Waals surface area contributed by atoms with Crippen molar-refractivity contribution in [1.29, 1.82) is 0 Å². The maximum absolute atomic E-state index is 13.0. The Labute approximate surface area is 140 Å². The van der Waals surface area contributed by atoms with Gasteiger partial charge in [-0.2, -0.15) is 9.61 Å². The Hall–Kier alpha value is -2.47. The molecule has 6 heteroatoms. The number of nitrogens with zero attached hydrogens (tertiary/aromatic N) is 5.